The van der Waals surface area contributed by atoms with Crippen molar-refractivity contribution in [3.05, 3.63) is 61.6 Å². The SMILES string of the molecule is O=C(O)c1ccc(Br)cc1Oc1ccc(Cl)cc1[N+](=O)[O-]. The minimum absolute atomic E-state index is 0.0118. The van der Waals surface area contributed by atoms with Crippen molar-refractivity contribution >= 4 is 39.2 Å². The predicted octanol–water partition coefficient (Wildman–Crippen LogP) is 4.50. The third-order valence-corrected chi connectivity index (χ3v) is 3.24. The van der Waals surface area contributed by atoms with Gasteiger partial charge in [0.05, 0.1) is 4.92 Å². The number of aromatic carboxylic acids is 1. The number of carboxylic acids is 1. The van der Waals surface area contributed by atoms with E-state index in [0.29, 0.717) is 4.47 Å². The summed E-state index contributed by atoms with van der Waals surface area (Å²) in [6.07, 6.45) is 0. The number of ether oxygens (including phenoxy) is 1. The number of nitrogens with zero attached hydrogens (tertiary/aromatic N) is 1. The number of carbonyl (C=O) groups is 1. The Bertz CT molecular complexity index is 734. The summed E-state index contributed by atoms with van der Waals surface area (Å²) in [4.78, 5) is 21.5. The Hall–Kier alpha value is -2.12. The fourth-order valence-corrected chi connectivity index (χ4v) is 2.10. The molecule has 0 unspecified atom stereocenters. The molecule has 0 aliphatic carbocycles. The second kappa shape index (κ2) is 6.11. The molecule has 108 valence electrons. The van der Waals surface area contributed by atoms with Crippen LogP contribution in [0, 0.1) is 10.1 Å². The molecule has 0 heterocycles. The van der Waals surface area contributed by atoms with Crippen molar-refractivity contribution in [2.24, 2.45) is 0 Å². The Morgan fingerprint density at radius 3 is 2.57 bits per heavy atom. The number of nitro benzene ring substituents is 1. The molecule has 0 bridgehead atoms. The first-order chi connectivity index (χ1) is 9.88. The van der Waals surface area contributed by atoms with Gasteiger partial charge in [-0.25, -0.2) is 4.79 Å². The van der Waals surface area contributed by atoms with E-state index in [-0.39, 0.29) is 27.8 Å². The van der Waals surface area contributed by atoms with Crippen LogP contribution in [-0.2, 0) is 0 Å². The molecule has 0 aliphatic rings. The standard InChI is InChI=1S/C13H7BrClNO5/c14-7-1-3-9(13(17)18)12(5-7)21-11-4-2-8(15)6-10(11)16(19)20/h1-6H,(H,17,18). The van der Waals surface area contributed by atoms with Crippen LogP contribution in [0.1, 0.15) is 10.4 Å². The van der Waals surface area contributed by atoms with Crippen LogP contribution < -0.4 is 4.74 Å². The smallest absolute Gasteiger partial charge is 0.339 e. The van der Waals surface area contributed by atoms with E-state index in [4.69, 9.17) is 21.4 Å². The molecule has 8 heteroatoms. The number of halogens is 2. The largest absolute Gasteiger partial charge is 0.478 e. The van der Waals surface area contributed by atoms with Gasteiger partial charge in [-0.05, 0) is 30.3 Å². The van der Waals surface area contributed by atoms with Crippen LogP contribution in [0.4, 0.5) is 5.69 Å². The summed E-state index contributed by atoms with van der Waals surface area (Å²) in [6.45, 7) is 0. The molecule has 0 fully saturated rings. The molecule has 0 saturated heterocycles. The number of nitro groups is 1. The van der Waals surface area contributed by atoms with Gasteiger partial charge in [-0.2, -0.15) is 0 Å². The van der Waals surface area contributed by atoms with Crippen LogP contribution in [0.2, 0.25) is 5.02 Å². The van der Waals surface area contributed by atoms with Crippen molar-refractivity contribution in [2.75, 3.05) is 0 Å². The lowest BCUT2D eigenvalue weighted by Crippen LogP contribution is -2.01. The van der Waals surface area contributed by atoms with Gasteiger partial charge in [-0.3, -0.25) is 10.1 Å². The Morgan fingerprint density at radius 2 is 1.95 bits per heavy atom. The van der Waals surface area contributed by atoms with Crippen molar-refractivity contribution in [3.63, 3.8) is 0 Å². The summed E-state index contributed by atoms with van der Waals surface area (Å²) in [5.41, 5.74) is -0.457. The summed E-state index contributed by atoms with van der Waals surface area (Å²) in [6, 6.07) is 8.16. The normalized spacial score (nSPS) is 10.2. The zero-order chi connectivity index (χ0) is 15.6. The van der Waals surface area contributed by atoms with E-state index in [1.165, 1.54) is 30.3 Å². The van der Waals surface area contributed by atoms with Crippen molar-refractivity contribution < 1.29 is 19.6 Å². The number of hydrogen-bond donors (Lipinski definition) is 1. The van der Waals surface area contributed by atoms with Crippen LogP contribution in [-0.4, -0.2) is 16.0 Å². The molecule has 0 spiro atoms. The Balaban J connectivity index is 2.50. The minimum Gasteiger partial charge on any atom is -0.478 e. The lowest BCUT2D eigenvalue weighted by Gasteiger charge is -2.09. The van der Waals surface area contributed by atoms with E-state index in [0.717, 1.165) is 6.07 Å². The predicted molar refractivity (Wildman–Crippen MR) is 79.3 cm³/mol. The van der Waals surface area contributed by atoms with E-state index in [2.05, 4.69) is 15.9 Å². The van der Waals surface area contributed by atoms with Gasteiger partial charge in [0, 0.05) is 15.6 Å². The van der Waals surface area contributed by atoms with Crippen LogP contribution in [0.15, 0.2) is 40.9 Å². The van der Waals surface area contributed by atoms with Gasteiger partial charge in [-0.1, -0.05) is 27.5 Å². The zero-order valence-electron chi connectivity index (χ0n) is 10.2. The minimum atomic E-state index is -1.20. The summed E-state index contributed by atoms with van der Waals surface area (Å²) in [5, 5.41) is 20.3. The molecule has 0 aliphatic heterocycles. The van der Waals surface area contributed by atoms with Crippen molar-refractivity contribution in [2.45, 2.75) is 0 Å². The van der Waals surface area contributed by atoms with Crippen LogP contribution in [0.3, 0.4) is 0 Å². The third-order valence-electron chi connectivity index (χ3n) is 2.51. The van der Waals surface area contributed by atoms with Gasteiger partial charge < -0.3 is 9.84 Å². The Labute approximate surface area is 132 Å². The number of carboxylic acid groups (broad SMARTS) is 1. The maximum Gasteiger partial charge on any atom is 0.339 e. The molecule has 6 nitrogen and oxygen atoms in total. The second-order valence-corrected chi connectivity index (χ2v) is 5.27. The van der Waals surface area contributed by atoms with Crippen LogP contribution in [0.5, 0.6) is 11.5 Å². The van der Waals surface area contributed by atoms with Gasteiger partial charge in [0.2, 0.25) is 5.75 Å². The highest BCUT2D eigenvalue weighted by Crippen LogP contribution is 2.35. The maximum atomic E-state index is 11.1. The van der Waals surface area contributed by atoms with Gasteiger partial charge in [-0.15, -0.1) is 0 Å². The fraction of sp³-hybridized carbons (Fsp3) is 0. The average Bonchev–Trinajstić information content (AvgIpc) is 2.40. The first kappa shape index (κ1) is 15.3. The molecule has 1 N–H and O–H groups in total. The van der Waals surface area contributed by atoms with Crippen molar-refractivity contribution in [3.8, 4) is 11.5 Å². The van der Waals surface area contributed by atoms with Crippen LogP contribution >= 0.6 is 27.5 Å². The van der Waals surface area contributed by atoms with E-state index < -0.39 is 10.9 Å². The topological polar surface area (TPSA) is 89.7 Å². The van der Waals surface area contributed by atoms with Crippen LogP contribution in [0.25, 0.3) is 0 Å². The molecule has 0 saturated carbocycles. The lowest BCUT2D eigenvalue weighted by atomic mass is 10.2. The maximum absolute atomic E-state index is 11.1. The van der Waals surface area contributed by atoms with Gasteiger partial charge in [0.15, 0.2) is 0 Å². The highest BCUT2D eigenvalue weighted by atomic mass is 79.9. The summed E-state index contributed by atoms with van der Waals surface area (Å²) >= 11 is 8.90. The molecule has 0 radical (unpaired) electrons. The van der Waals surface area contributed by atoms with Gasteiger partial charge in [0.1, 0.15) is 11.3 Å². The molecular formula is C13H7BrClNO5. The first-order valence-electron chi connectivity index (χ1n) is 5.53. The van der Waals surface area contributed by atoms with E-state index in [9.17, 15) is 14.9 Å². The number of hydrogen-bond acceptors (Lipinski definition) is 4. The average molecular weight is 373 g/mol. The van der Waals surface area contributed by atoms with Crippen molar-refractivity contribution in [1.82, 2.24) is 0 Å². The molecular weight excluding hydrogens is 366 g/mol. The molecule has 2 rings (SSSR count). The quantitative estimate of drug-likeness (QED) is 0.630. The summed E-state index contributed by atoms with van der Waals surface area (Å²) in [7, 11) is 0. The molecule has 21 heavy (non-hydrogen) atoms. The zero-order valence-corrected chi connectivity index (χ0v) is 12.6. The van der Waals surface area contributed by atoms with Crippen molar-refractivity contribution in [1.29, 1.82) is 0 Å². The van der Waals surface area contributed by atoms with E-state index >= 15 is 0 Å². The van der Waals surface area contributed by atoms with E-state index in [1.54, 1.807) is 0 Å². The Kier molecular flexibility index (Phi) is 4.44. The molecule has 0 amide bonds. The molecule has 0 aromatic heterocycles. The first-order valence-corrected chi connectivity index (χ1v) is 6.70. The third kappa shape index (κ3) is 3.50. The summed E-state index contributed by atoms with van der Waals surface area (Å²) < 4.78 is 5.97. The Morgan fingerprint density at radius 1 is 1.24 bits per heavy atom. The molecule has 2 aromatic carbocycles. The van der Waals surface area contributed by atoms with Gasteiger partial charge in [0.25, 0.3) is 0 Å². The molecule has 2 aromatic rings. The molecule has 0 atom stereocenters. The summed E-state index contributed by atoms with van der Waals surface area (Å²) in [5.74, 6) is -1.30. The fourth-order valence-electron chi connectivity index (χ4n) is 1.60. The monoisotopic (exact) mass is 371 g/mol. The second-order valence-electron chi connectivity index (χ2n) is 3.92. The van der Waals surface area contributed by atoms with E-state index in [1.807, 2.05) is 0 Å². The lowest BCUT2D eigenvalue weighted by molar-refractivity contribution is -0.385. The highest BCUT2D eigenvalue weighted by Gasteiger charge is 2.19. The highest BCUT2D eigenvalue weighted by molar-refractivity contribution is 9.10. The number of benzene rings is 2. The number of rotatable bonds is 4. The van der Waals surface area contributed by atoms with Gasteiger partial charge >= 0.3 is 11.7 Å².